The quantitative estimate of drug-likeness (QED) is 0.463. The number of aromatic nitrogens is 4. The molecule has 1 aromatic carbocycles. The van der Waals surface area contributed by atoms with Crippen molar-refractivity contribution in [3.05, 3.63) is 62.4 Å². The number of halogens is 1. The second kappa shape index (κ2) is 7.42. The zero-order chi connectivity index (χ0) is 19.7. The summed E-state index contributed by atoms with van der Waals surface area (Å²) >= 11 is 4.80. The molecule has 28 heavy (non-hydrogen) atoms. The average Bonchev–Trinajstić information content (AvgIpc) is 3.33. The number of terminal acetylenes is 1. The Morgan fingerprint density at radius 1 is 1.36 bits per heavy atom. The predicted octanol–water partition coefficient (Wildman–Crippen LogP) is 3.23. The number of pyridine rings is 1. The Morgan fingerprint density at radius 2 is 2.21 bits per heavy atom. The van der Waals surface area contributed by atoms with Crippen molar-refractivity contribution in [3.8, 4) is 23.7 Å². The number of benzene rings is 1. The number of hydrogen-bond donors (Lipinski definition) is 2. The molecule has 3 heterocycles. The maximum Gasteiger partial charge on any atom is 0.251 e. The molecule has 0 fully saturated rings. The smallest absolute Gasteiger partial charge is 0.251 e. The Balaban J connectivity index is 1.65. The molecular formula is C19H12BrN5O2S. The minimum Gasteiger partial charge on any atom is -0.315 e. The van der Waals surface area contributed by atoms with E-state index in [1.54, 1.807) is 18.2 Å². The Bertz CT molecular complexity index is 1280. The van der Waals surface area contributed by atoms with Gasteiger partial charge in [-0.25, -0.2) is 4.98 Å². The molecule has 0 saturated carbocycles. The molecule has 0 bridgehead atoms. The van der Waals surface area contributed by atoms with E-state index in [2.05, 4.69) is 42.3 Å². The van der Waals surface area contributed by atoms with Crippen molar-refractivity contribution in [1.82, 2.24) is 19.7 Å². The highest BCUT2D eigenvalue weighted by molar-refractivity contribution is 9.10. The van der Waals surface area contributed by atoms with E-state index in [1.165, 1.54) is 28.3 Å². The number of H-pyrrole nitrogens is 1. The Hall–Kier alpha value is -3.22. The molecule has 4 rings (SSSR count). The number of rotatable bonds is 4. The maximum absolute atomic E-state index is 12.7. The van der Waals surface area contributed by atoms with Crippen LogP contribution in [-0.4, -0.2) is 25.7 Å². The molecule has 4 aromatic rings. The van der Waals surface area contributed by atoms with Crippen molar-refractivity contribution in [2.24, 2.45) is 0 Å². The molecule has 0 saturated heterocycles. The molecule has 0 aliphatic rings. The normalized spacial score (nSPS) is 10.7. The van der Waals surface area contributed by atoms with Crippen LogP contribution in [-0.2, 0) is 11.3 Å². The maximum atomic E-state index is 12.7. The van der Waals surface area contributed by atoms with Crippen molar-refractivity contribution < 1.29 is 4.79 Å². The van der Waals surface area contributed by atoms with E-state index in [0.29, 0.717) is 27.5 Å². The van der Waals surface area contributed by atoms with Gasteiger partial charge in [0.05, 0.1) is 11.1 Å². The first-order valence-corrected chi connectivity index (χ1v) is 9.77. The van der Waals surface area contributed by atoms with Crippen LogP contribution in [0.25, 0.3) is 22.3 Å². The fourth-order valence-electron chi connectivity index (χ4n) is 2.84. The largest absolute Gasteiger partial charge is 0.315 e. The number of aromatic amines is 1. The zero-order valence-electron chi connectivity index (χ0n) is 14.3. The van der Waals surface area contributed by atoms with Crippen LogP contribution in [0.1, 0.15) is 5.56 Å². The molecule has 9 heteroatoms. The molecule has 0 radical (unpaired) electrons. The lowest BCUT2D eigenvalue weighted by molar-refractivity contribution is -0.116. The molecule has 2 N–H and O–H groups in total. The number of carbonyl (C=O) groups is 1. The van der Waals surface area contributed by atoms with Gasteiger partial charge in [-0.15, -0.1) is 17.8 Å². The number of fused-ring (bicyclic) bond motifs is 1. The summed E-state index contributed by atoms with van der Waals surface area (Å²) in [4.78, 5) is 29.2. The van der Waals surface area contributed by atoms with Gasteiger partial charge in [0, 0.05) is 21.5 Å². The van der Waals surface area contributed by atoms with Crippen LogP contribution in [0, 0.1) is 12.3 Å². The summed E-state index contributed by atoms with van der Waals surface area (Å²) in [5.74, 6) is 2.77. The van der Waals surface area contributed by atoms with Crippen LogP contribution in [0.15, 0.2) is 51.3 Å². The van der Waals surface area contributed by atoms with Crippen LogP contribution < -0.4 is 10.9 Å². The van der Waals surface area contributed by atoms with E-state index in [1.807, 2.05) is 11.4 Å². The molecule has 138 valence electrons. The number of thiophene rings is 1. The Morgan fingerprint density at radius 3 is 2.96 bits per heavy atom. The van der Waals surface area contributed by atoms with Gasteiger partial charge >= 0.3 is 0 Å². The van der Waals surface area contributed by atoms with E-state index in [4.69, 9.17) is 6.42 Å². The number of hydrogen-bond acceptors (Lipinski definition) is 5. The Labute approximate surface area is 171 Å². The highest BCUT2D eigenvalue weighted by Crippen LogP contribution is 2.38. The molecule has 7 nitrogen and oxygen atoms in total. The lowest BCUT2D eigenvalue weighted by Crippen LogP contribution is -2.27. The van der Waals surface area contributed by atoms with Crippen molar-refractivity contribution in [2.75, 3.05) is 5.32 Å². The van der Waals surface area contributed by atoms with Gasteiger partial charge in [-0.2, -0.15) is 5.10 Å². The number of carbonyl (C=O) groups excluding carboxylic acids is 1. The van der Waals surface area contributed by atoms with E-state index in [9.17, 15) is 9.59 Å². The van der Waals surface area contributed by atoms with E-state index >= 15 is 0 Å². The van der Waals surface area contributed by atoms with E-state index < -0.39 is 0 Å². The number of amides is 1. The summed E-state index contributed by atoms with van der Waals surface area (Å²) in [6.07, 6.45) is 6.83. The fourth-order valence-corrected chi connectivity index (χ4v) is 4.48. The summed E-state index contributed by atoms with van der Waals surface area (Å²) < 4.78 is 2.20. The first-order chi connectivity index (χ1) is 13.6. The van der Waals surface area contributed by atoms with Crippen LogP contribution in [0.4, 0.5) is 5.00 Å². The van der Waals surface area contributed by atoms with E-state index in [-0.39, 0.29) is 18.0 Å². The van der Waals surface area contributed by atoms with Gasteiger partial charge < -0.3 is 5.32 Å². The van der Waals surface area contributed by atoms with Gasteiger partial charge in [0.1, 0.15) is 17.9 Å². The second-order valence-electron chi connectivity index (χ2n) is 5.85. The zero-order valence-corrected chi connectivity index (χ0v) is 16.7. The molecule has 3 aromatic heterocycles. The Kier molecular flexibility index (Phi) is 4.81. The van der Waals surface area contributed by atoms with Gasteiger partial charge in [0.25, 0.3) is 5.56 Å². The summed E-state index contributed by atoms with van der Waals surface area (Å²) in [6.45, 7) is -0.128. The van der Waals surface area contributed by atoms with Gasteiger partial charge in [-0.3, -0.25) is 19.3 Å². The summed E-state index contributed by atoms with van der Waals surface area (Å²) in [6, 6.07) is 8.43. The average molecular weight is 454 g/mol. The molecule has 0 atom stereocenters. The molecule has 0 aliphatic heterocycles. The third-order valence-corrected chi connectivity index (χ3v) is 5.93. The number of nitrogens with zero attached hydrogens (tertiary/aromatic N) is 3. The first kappa shape index (κ1) is 18.2. The third-order valence-electron chi connectivity index (χ3n) is 4.11. The van der Waals surface area contributed by atoms with E-state index in [0.717, 1.165) is 9.86 Å². The molecule has 0 unspecified atom stereocenters. The standard InChI is InChI=1S/C19H12BrN5O2S/c1-2-11-3-5-14-12(7-11)4-6-16(27)25(14)8-15(26)23-19-17(13(20)9-28-19)18-21-10-22-24-18/h1,3-7,9-10H,8H2,(H,23,26)(H,21,22,24). The summed E-state index contributed by atoms with van der Waals surface area (Å²) in [5.41, 5.74) is 1.80. The minimum absolute atomic E-state index is 0.128. The molecular weight excluding hydrogens is 442 g/mol. The first-order valence-electron chi connectivity index (χ1n) is 8.09. The predicted molar refractivity (Wildman–Crippen MR) is 112 cm³/mol. The van der Waals surface area contributed by atoms with Crippen molar-refractivity contribution in [1.29, 1.82) is 0 Å². The topological polar surface area (TPSA) is 92.7 Å². The molecule has 0 aliphatic carbocycles. The summed E-state index contributed by atoms with van der Waals surface area (Å²) in [7, 11) is 0. The van der Waals surface area contributed by atoms with Crippen molar-refractivity contribution >= 4 is 49.1 Å². The van der Waals surface area contributed by atoms with Crippen LogP contribution in [0.2, 0.25) is 0 Å². The van der Waals surface area contributed by atoms with Crippen LogP contribution in [0.5, 0.6) is 0 Å². The summed E-state index contributed by atoms with van der Waals surface area (Å²) in [5, 5.41) is 12.7. The van der Waals surface area contributed by atoms with Gasteiger partial charge in [-0.1, -0.05) is 5.92 Å². The van der Waals surface area contributed by atoms with Crippen LogP contribution >= 0.6 is 27.3 Å². The lowest BCUT2D eigenvalue weighted by Gasteiger charge is -2.11. The molecule has 0 spiro atoms. The highest BCUT2D eigenvalue weighted by Gasteiger charge is 2.17. The number of nitrogens with one attached hydrogen (secondary N) is 2. The number of anilines is 1. The molecule has 1 amide bonds. The fraction of sp³-hybridized carbons (Fsp3) is 0.0526. The van der Waals surface area contributed by atoms with Crippen molar-refractivity contribution in [2.45, 2.75) is 6.54 Å². The van der Waals surface area contributed by atoms with Crippen molar-refractivity contribution in [3.63, 3.8) is 0 Å². The monoisotopic (exact) mass is 453 g/mol. The van der Waals surface area contributed by atoms with Gasteiger partial charge in [0.15, 0.2) is 5.82 Å². The lowest BCUT2D eigenvalue weighted by atomic mass is 10.1. The van der Waals surface area contributed by atoms with Gasteiger partial charge in [-0.05, 0) is 45.6 Å². The van der Waals surface area contributed by atoms with Crippen LogP contribution in [0.3, 0.4) is 0 Å². The minimum atomic E-state index is -0.328. The second-order valence-corrected chi connectivity index (χ2v) is 7.58. The van der Waals surface area contributed by atoms with Gasteiger partial charge in [0.2, 0.25) is 5.91 Å². The third kappa shape index (κ3) is 3.35. The highest BCUT2D eigenvalue weighted by atomic mass is 79.9. The SMILES string of the molecule is C#Cc1ccc2c(ccc(=O)n2CC(=O)Nc2scc(Br)c2-c2ncn[nH]2)c1.